The summed E-state index contributed by atoms with van der Waals surface area (Å²) < 4.78 is 0.841. The molecule has 0 saturated carbocycles. The van der Waals surface area contributed by atoms with Crippen LogP contribution in [0.3, 0.4) is 0 Å². The van der Waals surface area contributed by atoms with Crippen molar-refractivity contribution in [2.45, 2.75) is 12.5 Å². The summed E-state index contributed by atoms with van der Waals surface area (Å²) in [5.41, 5.74) is 1.34. The van der Waals surface area contributed by atoms with Gasteiger partial charge in [-0.05, 0) is 56.9 Å². The van der Waals surface area contributed by atoms with Gasteiger partial charge in [-0.25, -0.2) is 0 Å². The second-order valence-corrected chi connectivity index (χ2v) is 7.86. The van der Waals surface area contributed by atoms with E-state index in [0.717, 1.165) is 23.0 Å². The second-order valence-electron chi connectivity index (χ2n) is 6.94. The zero-order chi connectivity index (χ0) is 20.3. The van der Waals surface area contributed by atoms with Gasteiger partial charge in [0.15, 0.2) is 0 Å². The number of ketones is 1. The second kappa shape index (κ2) is 8.67. The SMILES string of the molecule is CN(C)CCCN1C(=O)C(=O)/C(=C(\O)c2ccncc2)[C@H]1c1cccc(Br)c1. The minimum atomic E-state index is -0.663. The zero-order valence-corrected chi connectivity index (χ0v) is 17.4. The topological polar surface area (TPSA) is 73.7 Å². The van der Waals surface area contributed by atoms with E-state index >= 15 is 0 Å². The highest BCUT2D eigenvalue weighted by atomic mass is 79.9. The number of Topliss-reactive ketones (excluding diaryl/α,β-unsaturated/α-hetero) is 1. The Kier molecular flexibility index (Phi) is 6.26. The Morgan fingerprint density at radius 1 is 1.21 bits per heavy atom. The van der Waals surface area contributed by atoms with Gasteiger partial charge in [0.2, 0.25) is 0 Å². The van der Waals surface area contributed by atoms with Crippen LogP contribution in [0, 0.1) is 0 Å². The van der Waals surface area contributed by atoms with E-state index in [4.69, 9.17) is 0 Å². The van der Waals surface area contributed by atoms with Crippen LogP contribution in [-0.2, 0) is 9.59 Å². The molecule has 6 nitrogen and oxygen atoms in total. The zero-order valence-electron chi connectivity index (χ0n) is 15.8. The first-order valence-electron chi connectivity index (χ1n) is 8.99. The lowest BCUT2D eigenvalue weighted by Gasteiger charge is -2.26. The average Bonchev–Trinajstić information content (AvgIpc) is 2.93. The molecular weight excluding hydrogens is 422 g/mol. The average molecular weight is 444 g/mol. The van der Waals surface area contributed by atoms with Crippen LogP contribution < -0.4 is 0 Å². The molecule has 2 heterocycles. The number of aliphatic hydroxyl groups excluding tert-OH is 1. The van der Waals surface area contributed by atoms with Gasteiger partial charge in [0.05, 0.1) is 11.6 Å². The predicted molar refractivity (Wildman–Crippen MR) is 111 cm³/mol. The highest BCUT2D eigenvalue weighted by molar-refractivity contribution is 9.10. The molecule has 1 fully saturated rings. The van der Waals surface area contributed by atoms with Gasteiger partial charge in [-0.3, -0.25) is 14.6 Å². The number of hydrogen-bond donors (Lipinski definition) is 1. The molecule has 1 amide bonds. The molecule has 1 saturated heterocycles. The van der Waals surface area contributed by atoms with Crippen molar-refractivity contribution in [1.29, 1.82) is 0 Å². The Balaban J connectivity index is 2.08. The molecule has 0 unspecified atom stereocenters. The van der Waals surface area contributed by atoms with Crippen LogP contribution in [0.2, 0.25) is 0 Å². The maximum absolute atomic E-state index is 12.8. The third-order valence-corrected chi connectivity index (χ3v) is 5.16. The Hall–Kier alpha value is -2.51. The Morgan fingerprint density at radius 2 is 1.93 bits per heavy atom. The number of carbonyl (C=O) groups excluding carboxylic acids is 2. The first-order chi connectivity index (χ1) is 13.4. The van der Waals surface area contributed by atoms with Gasteiger partial charge in [-0.1, -0.05) is 28.1 Å². The molecule has 1 atom stereocenters. The summed E-state index contributed by atoms with van der Waals surface area (Å²) in [6.45, 7) is 1.21. The lowest BCUT2D eigenvalue weighted by molar-refractivity contribution is -0.139. The molecule has 0 spiro atoms. The van der Waals surface area contributed by atoms with E-state index < -0.39 is 17.7 Å². The van der Waals surface area contributed by atoms with Gasteiger partial charge >= 0.3 is 0 Å². The van der Waals surface area contributed by atoms with E-state index in [1.54, 1.807) is 17.0 Å². The monoisotopic (exact) mass is 443 g/mol. The van der Waals surface area contributed by atoms with Crippen molar-refractivity contribution < 1.29 is 14.7 Å². The van der Waals surface area contributed by atoms with E-state index in [2.05, 4.69) is 20.9 Å². The fourth-order valence-electron chi connectivity index (χ4n) is 3.36. The predicted octanol–water partition coefficient (Wildman–Crippen LogP) is 3.22. The third-order valence-electron chi connectivity index (χ3n) is 4.66. The smallest absolute Gasteiger partial charge is 0.295 e. The largest absolute Gasteiger partial charge is 0.507 e. The quantitative estimate of drug-likeness (QED) is 0.421. The number of likely N-dealkylation sites (tertiary alicyclic amines) is 1. The number of aromatic nitrogens is 1. The third kappa shape index (κ3) is 4.15. The Morgan fingerprint density at radius 3 is 2.57 bits per heavy atom. The molecule has 0 aliphatic carbocycles. The molecule has 1 N–H and O–H groups in total. The Labute approximate surface area is 172 Å². The molecule has 1 aromatic heterocycles. The van der Waals surface area contributed by atoms with Crippen LogP contribution in [0.25, 0.3) is 5.76 Å². The maximum atomic E-state index is 12.8. The van der Waals surface area contributed by atoms with Gasteiger partial charge in [-0.2, -0.15) is 0 Å². The number of halogens is 1. The first kappa shape index (κ1) is 20.2. The summed E-state index contributed by atoms with van der Waals surface area (Å²) in [4.78, 5) is 33.2. The summed E-state index contributed by atoms with van der Waals surface area (Å²) in [6.07, 6.45) is 3.80. The van der Waals surface area contributed by atoms with E-state index in [1.807, 2.05) is 43.3 Å². The molecule has 7 heteroatoms. The molecule has 1 aromatic carbocycles. The van der Waals surface area contributed by atoms with Crippen LogP contribution in [0.5, 0.6) is 0 Å². The summed E-state index contributed by atoms with van der Waals surface area (Å²) in [5, 5.41) is 10.9. The van der Waals surface area contributed by atoms with Crippen LogP contribution in [0.15, 0.2) is 58.8 Å². The fourth-order valence-corrected chi connectivity index (χ4v) is 3.77. The molecule has 0 bridgehead atoms. The Bertz CT molecular complexity index is 912. The number of amides is 1. The summed E-state index contributed by atoms with van der Waals surface area (Å²) in [5.74, 6) is -1.43. The molecule has 3 rings (SSSR count). The van der Waals surface area contributed by atoms with Crippen LogP contribution in [0.4, 0.5) is 0 Å². The molecule has 28 heavy (non-hydrogen) atoms. The highest BCUT2D eigenvalue weighted by Gasteiger charge is 2.45. The summed E-state index contributed by atoms with van der Waals surface area (Å²) in [7, 11) is 3.92. The van der Waals surface area contributed by atoms with Crippen molar-refractivity contribution >= 4 is 33.4 Å². The van der Waals surface area contributed by atoms with Gasteiger partial charge in [0.1, 0.15) is 5.76 Å². The summed E-state index contributed by atoms with van der Waals surface area (Å²) >= 11 is 3.45. The first-order valence-corrected chi connectivity index (χ1v) is 9.78. The number of benzene rings is 1. The van der Waals surface area contributed by atoms with Crippen LogP contribution >= 0.6 is 15.9 Å². The number of nitrogens with zero attached hydrogens (tertiary/aromatic N) is 3. The number of hydrogen-bond acceptors (Lipinski definition) is 5. The van der Waals surface area contributed by atoms with E-state index in [-0.39, 0.29) is 11.3 Å². The van der Waals surface area contributed by atoms with Crippen molar-refractivity contribution in [3.63, 3.8) is 0 Å². The summed E-state index contributed by atoms with van der Waals surface area (Å²) in [6, 6.07) is 10.1. The molecule has 0 radical (unpaired) electrons. The van der Waals surface area contributed by atoms with Crippen LogP contribution in [0.1, 0.15) is 23.6 Å². The van der Waals surface area contributed by atoms with Gasteiger partial charge in [0.25, 0.3) is 11.7 Å². The standard InChI is InChI=1S/C21H22BrN3O3/c1-24(2)11-4-12-25-18(15-5-3-6-16(22)13-15)17(20(27)21(25)28)19(26)14-7-9-23-10-8-14/h3,5-10,13,18,26H,4,11-12H2,1-2H3/b19-17-/t18-/m1/s1. The lowest BCUT2D eigenvalue weighted by Crippen LogP contribution is -2.32. The normalized spacial score (nSPS) is 18.9. The van der Waals surface area contributed by atoms with Crippen molar-refractivity contribution in [3.8, 4) is 0 Å². The molecular formula is C21H22BrN3O3. The molecule has 1 aliphatic rings. The van der Waals surface area contributed by atoms with Crippen molar-refractivity contribution in [2.24, 2.45) is 0 Å². The van der Waals surface area contributed by atoms with Gasteiger partial charge in [-0.15, -0.1) is 0 Å². The highest BCUT2D eigenvalue weighted by Crippen LogP contribution is 2.39. The minimum Gasteiger partial charge on any atom is -0.507 e. The van der Waals surface area contributed by atoms with Crippen LogP contribution in [-0.4, -0.2) is 58.8 Å². The van der Waals surface area contributed by atoms with E-state index in [1.165, 1.54) is 12.4 Å². The number of aliphatic hydroxyl groups is 1. The molecule has 2 aromatic rings. The minimum absolute atomic E-state index is 0.110. The molecule has 1 aliphatic heterocycles. The van der Waals surface area contributed by atoms with Gasteiger partial charge in [0, 0.05) is 29.0 Å². The number of pyridine rings is 1. The van der Waals surface area contributed by atoms with E-state index in [0.29, 0.717) is 12.1 Å². The lowest BCUT2D eigenvalue weighted by atomic mass is 9.95. The molecule has 146 valence electrons. The van der Waals surface area contributed by atoms with Gasteiger partial charge < -0.3 is 14.9 Å². The maximum Gasteiger partial charge on any atom is 0.295 e. The van der Waals surface area contributed by atoms with E-state index in [9.17, 15) is 14.7 Å². The number of rotatable bonds is 6. The number of carbonyl (C=O) groups is 2. The van der Waals surface area contributed by atoms with Crippen molar-refractivity contribution in [2.75, 3.05) is 27.2 Å². The van der Waals surface area contributed by atoms with Crippen molar-refractivity contribution in [1.82, 2.24) is 14.8 Å². The fraction of sp³-hybridized carbons (Fsp3) is 0.286. The van der Waals surface area contributed by atoms with Crippen molar-refractivity contribution in [3.05, 3.63) is 70.0 Å².